The largest absolute Gasteiger partial charge is 0.497 e. The molecule has 1 atom stereocenters. The van der Waals surface area contributed by atoms with E-state index in [9.17, 15) is 0 Å². The van der Waals surface area contributed by atoms with Crippen LogP contribution in [0.15, 0.2) is 18.2 Å². The summed E-state index contributed by atoms with van der Waals surface area (Å²) >= 11 is 0. The van der Waals surface area contributed by atoms with E-state index in [4.69, 9.17) is 9.47 Å². The molecule has 1 fully saturated rings. The monoisotopic (exact) mass is 219 g/mol. The third-order valence-corrected chi connectivity index (χ3v) is 3.27. The van der Waals surface area contributed by atoms with Crippen LogP contribution in [-0.2, 0) is 0 Å². The number of benzene rings is 1. The maximum atomic E-state index is 5.66. The van der Waals surface area contributed by atoms with E-state index in [0.29, 0.717) is 6.04 Å². The SMILES string of the molecule is COc1ccc2c(c1)C(NC1CC1)CCO2. The van der Waals surface area contributed by atoms with Crippen molar-refractivity contribution in [1.82, 2.24) is 5.32 Å². The first kappa shape index (κ1) is 9.97. The van der Waals surface area contributed by atoms with Crippen LogP contribution < -0.4 is 14.8 Å². The Hall–Kier alpha value is -1.22. The number of hydrogen-bond donors (Lipinski definition) is 1. The zero-order valence-corrected chi connectivity index (χ0v) is 9.53. The van der Waals surface area contributed by atoms with Gasteiger partial charge < -0.3 is 14.8 Å². The molecule has 3 nitrogen and oxygen atoms in total. The molecular formula is C13H17NO2. The number of fused-ring (bicyclic) bond motifs is 1. The standard InChI is InChI=1S/C13H17NO2/c1-15-10-4-5-13-11(8-10)12(6-7-16-13)14-9-2-3-9/h4-5,8-9,12,14H,2-3,6-7H2,1H3. The summed E-state index contributed by atoms with van der Waals surface area (Å²) in [6, 6.07) is 7.22. The molecular weight excluding hydrogens is 202 g/mol. The molecule has 0 saturated heterocycles. The Morgan fingerprint density at radius 2 is 2.19 bits per heavy atom. The highest BCUT2D eigenvalue weighted by molar-refractivity contribution is 5.43. The lowest BCUT2D eigenvalue weighted by Crippen LogP contribution is -2.28. The molecule has 0 bridgehead atoms. The molecule has 3 heteroatoms. The highest BCUT2D eigenvalue weighted by atomic mass is 16.5. The molecule has 86 valence electrons. The summed E-state index contributed by atoms with van der Waals surface area (Å²) in [6.45, 7) is 0.809. The van der Waals surface area contributed by atoms with Crippen molar-refractivity contribution >= 4 is 0 Å². The molecule has 0 aromatic heterocycles. The lowest BCUT2D eigenvalue weighted by atomic mass is 10.00. The highest BCUT2D eigenvalue weighted by Gasteiger charge is 2.29. The zero-order valence-electron chi connectivity index (χ0n) is 9.53. The van der Waals surface area contributed by atoms with Crippen molar-refractivity contribution in [3.8, 4) is 11.5 Å². The Balaban J connectivity index is 1.88. The van der Waals surface area contributed by atoms with Gasteiger partial charge in [0.05, 0.1) is 13.7 Å². The summed E-state index contributed by atoms with van der Waals surface area (Å²) in [5.41, 5.74) is 1.25. The summed E-state index contributed by atoms with van der Waals surface area (Å²) in [5.74, 6) is 1.91. The first-order valence-corrected chi connectivity index (χ1v) is 5.93. The fourth-order valence-electron chi connectivity index (χ4n) is 2.21. The van der Waals surface area contributed by atoms with E-state index in [1.54, 1.807) is 7.11 Å². The second-order valence-electron chi connectivity index (χ2n) is 4.53. The summed E-state index contributed by atoms with van der Waals surface area (Å²) in [6.07, 6.45) is 3.68. The Morgan fingerprint density at radius 1 is 1.31 bits per heavy atom. The van der Waals surface area contributed by atoms with Crippen LogP contribution in [0.3, 0.4) is 0 Å². The molecule has 1 saturated carbocycles. The van der Waals surface area contributed by atoms with Crippen molar-refractivity contribution in [3.63, 3.8) is 0 Å². The number of ether oxygens (including phenoxy) is 2. The molecule has 1 aliphatic carbocycles. The topological polar surface area (TPSA) is 30.5 Å². The van der Waals surface area contributed by atoms with Crippen molar-refractivity contribution in [1.29, 1.82) is 0 Å². The molecule has 3 rings (SSSR count). The maximum Gasteiger partial charge on any atom is 0.124 e. The molecule has 1 aromatic rings. The van der Waals surface area contributed by atoms with Gasteiger partial charge in [-0.3, -0.25) is 0 Å². The van der Waals surface area contributed by atoms with Crippen LogP contribution in [0.1, 0.15) is 30.9 Å². The van der Waals surface area contributed by atoms with E-state index in [2.05, 4.69) is 11.4 Å². The number of methoxy groups -OCH3 is 1. The predicted octanol–water partition coefficient (Wildman–Crippen LogP) is 2.27. The second-order valence-corrected chi connectivity index (χ2v) is 4.53. The van der Waals surface area contributed by atoms with Gasteiger partial charge in [0.15, 0.2) is 0 Å². The van der Waals surface area contributed by atoms with Gasteiger partial charge in [0, 0.05) is 24.1 Å². The fourth-order valence-corrected chi connectivity index (χ4v) is 2.21. The molecule has 1 heterocycles. The van der Waals surface area contributed by atoms with Gasteiger partial charge in [0.25, 0.3) is 0 Å². The minimum absolute atomic E-state index is 0.436. The van der Waals surface area contributed by atoms with E-state index in [1.807, 2.05) is 12.1 Å². The van der Waals surface area contributed by atoms with Gasteiger partial charge in [-0.2, -0.15) is 0 Å². The third kappa shape index (κ3) is 1.87. The van der Waals surface area contributed by atoms with E-state index < -0.39 is 0 Å². The zero-order chi connectivity index (χ0) is 11.0. The number of nitrogens with one attached hydrogen (secondary N) is 1. The summed E-state index contributed by atoms with van der Waals surface area (Å²) in [7, 11) is 1.70. The number of hydrogen-bond acceptors (Lipinski definition) is 3. The molecule has 1 N–H and O–H groups in total. The Kier molecular flexibility index (Phi) is 2.48. The molecule has 0 amide bonds. The minimum Gasteiger partial charge on any atom is -0.497 e. The van der Waals surface area contributed by atoms with Crippen LogP contribution in [0.25, 0.3) is 0 Å². The quantitative estimate of drug-likeness (QED) is 0.846. The molecule has 16 heavy (non-hydrogen) atoms. The summed E-state index contributed by atoms with van der Waals surface area (Å²) in [5, 5.41) is 3.66. The van der Waals surface area contributed by atoms with E-state index in [-0.39, 0.29) is 0 Å². The minimum atomic E-state index is 0.436. The first-order chi connectivity index (χ1) is 7.86. The van der Waals surface area contributed by atoms with Gasteiger partial charge in [0.1, 0.15) is 11.5 Å². The van der Waals surface area contributed by atoms with Crippen LogP contribution in [-0.4, -0.2) is 19.8 Å². The fraction of sp³-hybridized carbons (Fsp3) is 0.538. The maximum absolute atomic E-state index is 5.66. The van der Waals surface area contributed by atoms with Gasteiger partial charge in [-0.25, -0.2) is 0 Å². The summed E-state index contributed by atoms with van der Waals surface area (Å²) < 4.78 is 10.9. The molecule has 1 aliphatic heterocycles. The molecule has 0 radical (unpaired) electrons. The van der Waals surface area contributed by atoms with E-state index in [1.165, 1.54) is 18.4 Å². The Morgan fingerprint density at radius 3 is 2.94 bits per heavy atom. The normalized spacial score (nSPS) is 23.4. The van der Waals surface area contributed by atoms with Gasteiger partial charge in [-0.1, -0.05) is 0 Å². The lowest BCUT2D eigenvalue weighted by molar-refractivity contribution is 0.251. The Bertz CT molecular complexity index is 388. The van der Waals surface area contributed by atoms with Crippen LogP contribution in [0.4, 0.5) is 0 Å². The van der Waals surface area contributed by atoms with Crippen molar-refractivity contribution in [2.45, 2.75) is 31.3 Å². The second kappa shape index (κ2) is 3.98. The van der Waals surface area contributed by atoms with Crippen molar-refractivity contribution in [2.75, 3.05) is 13.7 Å². The molecule has 2 aliphatic rings. The van der Waals surface area contributed by atoms with Crippen LogP contribution >= 0.6 is 0 Å². The number of rotatable bonds is 3. The molecule has 0 spiro atoms. The molecule has 1 aromatic carbocycles. The first-order valence-electron chi connectivity index (χ1n) is 5.93. The lowest BCUT2D eigenvalue weighted by Gasteiger charge is -2.27. The smallest absolute Gasteiger partial charge is 0.124 e. The van der Waals surface area contributed by atoms with Gasteiger partial charge in [-0.05, 0) is 31.0 Å². The molecule has 1 unspecified atom stereocenters. The van der Waals surface area contributed by atoms with Crippen molar-refractivity contribution in [2.24, 2.45) is 0 Å². The van der Waals surface area contributed by atoms with Crippen molar-refractivity contribution in [3.05, 3.63) is 23.8 Å². The predicted molar refractivity (Wildman–Crippen MR) is 62.0 cm³/mol. The van der Waals surface area contributed by atoms with Crippen LogP contribution in [0.5, 0.6) is 11.5 Å². The Labute approximate surface area is 95.8 Å². The van der Waals surface area contributed by atoms with Crippen LogP contribution in [0.2, 0.25) is 0 Å². The van der Waals surface area contributed by atoms with Gasteiger partial charge in [-0.15, -0.1) is 0 Å². The van der Waals surface area contributed by atoms with Crippen molar-refractivity contribution < 1.29 is 9.47 Å². The third-order valence-electron chi connectivity index (χ3n) is 3.27. The van der Waals surface area contributed by atoms with E-state index >= 15 is 0 Å². The van der Waals surface area contributed by atoms with Crippen LogP contribution in [0, 0.1) is 0 Å². The van der Waals surface area contributed by atoms with Gasteiger partial charge >= 0.3 is 0 Å². The summed E-state index contributed by atoms with van der Waals surface area (Å²) in [4.78, 5) is 0. The van der Waals surface area contributed by atoms with Gasteiger partial charge in [0.2, 0.25) is 0 Å². The highest BCUT2D eigenvalue weighted by Crippen LogP contribution is 2.36. The van der Waals surface area contributed by atoms with E-state index in [0.717, 1.165) is 30.6 Å². The average Bonchev–Trinajstić information content (AvgIpc) is 3.13. The average molecular weight is 219 g/mol.